The molecule has 1 aromatic rings. The van der Waals surface area contributed by atoms with Crippen LogP contribution < -0.4 is 5.32 Å². The zero-order chi connectivity index (χ0) is 13.7. The summed E-state index contributed by atoms with van der Waals surface area (Å²) in [5.74, 6) is 0. The molecule has 1 aliphatic rings. The fourth-order valence-electron chi connectivity index (χ4n) is 2.18. The Hall–Kier alpha value is -1.07. The van der Waals surface area contributed by atoms with Crippen LogP contribution in [0.1, 0.15) is 30.4 Å². The second kappa shape index (κ2) is 6.39. The number of rotatable bonds is 3. The van der Waals surface area contributed by atoms with Crippen LogP contribution in [0.2, 0.25) is 0 Å². The van der Waals surface area contributed by atoms with Crippen molar-refractivity contribution in [3.63, 3.8) is 0 Å². The maximum absolute atomic E-state index is 12.4. The summed E-state index contributed by atoms with van der Waals surface area (Å²) in [5.41, 5.74) is 0.275. The van der Waals surface area contributed by atoms with Gasteiger partial charge in [0.15, 0.2) is 0 Å². The first-order valence-corrected chi connectivity index (χ1v) is 6.53. The van der Waals surface area contributed by atoms with E-state index in [0.717, 1.165) is 50.2 Å². The molecule has 19 heavy (non-hydrogen) atoms. The van der Waals surface area contributed by atoms with Crippen LogP contribution in [0.5, 0.6) is 0 Å². The smallest absolute Gasteiger partial charge is 0.381 e. The summed E-state index contributed by atoms with van der Waals surface area (Å²) in [7, 11) is 0. The van der Waals surface area contributed by atoms with Gasteiger partial charge in [-0.1, -0.05) is 12.1 Å². The monoisotopic (exact) mass is 273 g/mol. The van der Waals surface area contributed by atoms with E-state index in [4.69, 9.17) is 4.74 Å². The molecule has 2 rings (SSSR count). The largest absolute Gasteiger partial charge is 0.416 e. The molecular formula is C14H18F3NO. The van der Waals surface area contributed by atoms with Crippen molar-refractivity contribution in [2.45, 2.75) is 38.0 Å². The summed E-state index contributed by atoms with van der Waals surface area (Å²) < 4.78 is 42.6. The Labute approximate surface area is 111 Å². The zero-order valence-electron chi connectivity index (χ0n) is 10.7. The van der Waals surface area contributed by atoms with Crippen molar-refractivity contribution in [1.82, 2.24) is 5.32 Å². The summed E-state index contributed by atoms with van der Waals surface area (Å²) in [5, 5.41) is 3.37. The van der Waals surface area contributed by atoms with Crippen LogP contribution >= 0.6 is 0 Å². The first-order valence-electron chi connectivity index (χ1n) is 6.53. The first kappa shape index (κ1) is 14.3. The minimum atomic E-state index is -4.26. The van der Waals surface area contributed by atoms with Crippen molar-refractivity contribution in [1.29, 1.82) is 0 Å². The van der Waals surface area contributed by atoms with E-state index in [1.807, 2.05) is 0 Å². The Bertz CT molecular complexity index is 381. The molecule has 0 amide bonds. The quantitative estimate of drug-likeness (QED) is 0.911. The minimum Gasteiger partial charge on any atom is -0.381 e. The van der Waals surface area contributed by atoms with Crippen molar-refractivity contribution in [2.75, 3.05) is 13.2 Å². The number of halogens is 3. The molecular weight excluding hydrogens is 255 g/mol. The van der Waals surface area contributed by atoms with Gasteiger partial charge in [-0.2, -0.15) is 13.2 Å². The average molecular weight is 273 g/mol. The molecule has 1 heterocycles. The highest BCUT2D eigenvalue weighted by atomic mass is 19.4. The van der Waals surface area contributed by atoms with Gasteiger partial charge in [-0.25, -0.2) is 0 Å². The van der Waals surface area contributed by atoms with Crippen molar-refractivity contribution in [3.05, 3.63) is 35.4 Å². The zero-order valence-corrected chi connectivity index (χ0v) is 10.7. The highest BCUT2D eigenvalue weighted by Gasteiger charge is 2.29. The number of ether oxygens (including phenoxy) is 1. The van der Waals surface area contributed by atoms with E-state index in [1.54, 1.807) is 0 Å². The maximum Gasteiger partial charge on any atom is 0.416 e. The number of nitrogens with one attached hydrogen (secondary N) is 1. The molecule has 1 unspecified atom stereocenters. The van der Waals surface area contributed by atoms with E-state index >= 15 is 0 Å². The summed E-state index contributed by atoms with van der Waals surface area (Å²) in [6.07, 6.45) is -1.21. The molecule has 1 aliphatic heterocycles. The van der Waals surface area contributed by atoms with Crippen LogP contribution in [-0.2, 0) is 17.5 Å². The number of benzene rings is 1. The lowest BCUT2D eigenvalue weighted by Gasteiger charge is -2.16. The Morgan fingerprint density at radius 2 is 1.84 bits per heavy atom. The van der Waals surface area contributed by atoms with Gasteiger partial charge in [0, 0.05) is 25.8 Å². The SMILES string of the molecule is FC(F)(F)c1ccc(CNC2CCCOCC2)cc1. The molecule has 1 aromatic carbocycles. The van der Waals surface area contributed by atoms with E-state index in [-0.39, 0.29) is 0 Å². The van der Waals surface area contributed by atoms with Crippen LogP contribution in [0.25, 0.3) is 0 Å². The Balaban J connectivity index is 1.85. The Kier molecular flexibility index (Phi) is 4.82. The lowest BCUT2D eigenvalue weighted by atomic mass is 10.1. The summed E-state index contributed by atoms with van der Waals surface area (Å²) in [4.78, 5) is 0. The lowest BCUT2D eigenvalue weighted by Crippen LogP contribution is -2.28. The highest BCUT2D eigenvalue weighted by Crippen LogP contribution is 2.29. The maximum atomic E-state index is 12.4. The molecule has 2 nitrogen and oxygen atoms in total. The first-order chi connectivity index (χ1) is 9.05. The molecule has 1 fully saturated rings. The summed E-state index contributed by atoms with van der Waals surface area (Å²) >= 11 is 0. The van der Waals surface area contributed by atoms with E-state index in [2.05, 4.69) is 5.32 Å². The van der Waals surface area contributed by atoms with Crippen molar-refractivity contribution in [3.8, 4) is 0 Å². The Morgan fingerprint density at radius 3 is 2.53 bits per heavy atom. The van der Waals surface area contributed by atoms with Gasteiger partial charge in [0.1, 0.15) is 0 Å². The van der Waals surface area contributed by atoms with Gasteiger partial charge in [0.2, 0.25) is 0 Å². The third-order valence-electron chi connectivity index (χ3n) is 3.33. The van der Waals surface area contributed by atoms with Gasteiger partial charge in [-0.3, -0.25) is 0 Å². The second-order valence-electron chi connectivity index (χ2n) is 4.82. The number of hydrogen-bond acceptors (Lipinski definition) is 2. The predicted molar refractivity (Wildman–Crippen MR) is 66.7 cm³/mol. The second-order valence-corrected chi connectivity index (χ2v) is 4.82. The normalized spacial score (nSPS) is 21.1. The van der Waals surface area contributed by atoms with Crippen LogP contribution in [0.4, 0.5) is 13.2 Å². The van der Waals surface area contributed by atoms with E-state index in [0.29, 0.717) is 12.6 Å². The molecule has 0 radical (unpaired) electrons. The van der Waals surface area contributed by atoms with Crippen LogP contribution in [-0.4, -0.2) is 19.3 Å². The molecule has 0 bridgehead atoms. The third kappa shape index (κ3) is 4.51. The van der Waals surface area contributed by atoms with Gasteiger partial charge in [0.25, 0.3) is 0 Å². The van der Waals surface area contributed by atoms with Gasteiger partial charge in [-0.05, 0) is 37.0 Å². The van der Waals surface area contributed by atoms with Crippen molar-refractivity contribution in [2.24, 2.45) is 0 Å². The minimum absolute atomic E-state index is 0.393. The van der Waals surface area contributed by atoms with E-state index < -0.39 is 11.7 Å². The number of alkyl halides is 3. The summed E-state index contributed by atoms with van der Waals surface area (Å²) in [6.45, 7) is 2.16. The van der Waals surface area contributed by atoms with E-state index in [9.17, 15) is 13.2 Å². The molecule has 1 N–H and O–H groups in total. The van der Waals surface area contributed by atoms with E-state index in [1.165, 1.54) is 12.1 Å². The third-order valence-corrected chi connectivity index (χ3v) is 3.33. The predicted octanol–water partition coefficient (Wildman–Crippen LogP) is 3.36. The van der Waals surface area contributed by atoms with Crippen LogP contribution in [0.15, 0.2) is 24.3 Å². The Morgan fingerprint density at radius 1 is 1.11 bits per heavy atom. The fraction of sp³-hybridized carbons (Fsp3) is 0.571. The molecule has 1 saturated heterocycles. The molecule has 106 valence electrons. The molecule has 0 saturated carbocycles. The highest BCUT2D eigenvalue weighted by molar-refractivity contribution is 5.24. The number of hydrogen-bond donors (Lipinski definition) is 1. The van der Waals surface area contributed by atoms with Crippen LogP contribution in [0, 0.1) is 0 Å². The lowest BCUT2D eigenvalue weighted by molar-refractivity contribution is -0.137. The molecule has 0 spiro atoms. The standard InChI is InChI=1S/C14H18F3NO/c15-14(16,17)12-5-3-11(4-6-12)10-18-13-2-1-8-19-9-7-13/h3-6,13,18H,1-2,7-10H2. The van der Waals surface area contributed by atoms with Gasteiger partial charge in [0.05, 0.1) is 5.56 Å². The van der Waals surface area contributed by atoms with Gasteiger partial charge < -0.3 is 10.1 Å². The van der Waals surface area contributed by atoms with Crippen molar-refractivity contribution >= 4 is 0 Å². The molecule has 5 heteroatoms. The van der Waals surface area contributed by atoms with Gasteiger partial charge >= 0.3 is 6.18 Å². The van der Waals surface area contributed by atoms with Crippen molar-refractivity contribution < 1.29 is 17.9 Å². The topological polar surface area (TPSA) is 21.3 Å². The fourth-order valence-corrected chi connectivity index (χ4v) is 2.18. The molecule has 0 aliphatic carbocycles. The molecule has 1 atom stereocenters. The van der Waals surface area contributed by atoms with Crippen LogP contribution in [0.3, 0.4) is 0 Å². The average Bonchev–Trinajstić information content (AvgIpc) is 2.64. The summed E-state index contributed by atoms with van der Waals surface area (Å²) in [6, 6.07) is 5.72. The van der Waals surface area contributed by atoms with Gasteiger partial charge in [-0.15, -0.1) is 0 Å². The molecule has 0 aromatic heterocycles.